The van der Waals surface area contributed by atoms with E-state index < -0.39 is 0 Å². The van der Waals surface area contributed by atoms with Crippen LogP contribution in [0, 0.1) is 0 Å². The third kappa shape index (κ3) is 3.19. The number of aromatic nitrogens is 3. The summed E-state index contributed by atoms with van der Waals surface area (Å²) in [7, 11) is 0. The zero-order valence-electron chi connectivity index (χ0n) is 12.1. The average Bonchev–Trinajstić information content (AvgIpc) is 2.88. The van der Waals surface area contributed by atoms with Gasteiger partial charge in [-0.1, -0.05) is 35.0 Å². The summed E-state index contributed by atoms with van der Waals surface area (Å²) in [5, 5.41) is 9.72. The normalized spacial score (nSPS) is 18.9. The molecule has 1 fully saturated rings. The van der Waals surface area contributed by atoms with Crippen LogP contribution in [0.15, 0.2) is 17.4 Å². The third-order valence-corrected chi connectivity index (χ3v) is 5.26. The molecule has 5 nitrogen and oxygen atoms in total. The Bertz CT molecular complexity index is 705. The number of amides is 1. The molecule has 1 aliphatic rings. The van der Waals surface area contributed by atoms with E-state index in [2.05, 4.69) is 17.1 Å². The van der Waals surface area contributed by atoms with Crippen molar-refractivity contribution in [3.05, 3.63) is 22.3 Å². The van der Waals surface area contributed by atoms with Crippen molar-refractivity contribution in [2.45, 2.75) is 37.4 Å². The Morgan fingerprint density at radius 2 is 2.23 bits per heavy atom. The molecule has 0 saturated carbocycles. The van der Waals surface area contributed by atoms with Crippen LogP contribution in [0.25, 0.3) is 5.65 Å². The number of hydrogen-bond donors (Lipinski definition) is 0. The van der Waals surface area contributed by atoms with Gasteiger partial charge < -0.3 is 4.90 Å². The number of fused-ring (bicyclic) bond motifs is 1. The maximum Gasteiger partial charge on any atom is 0.233 e. The Labute approximate surface area is 143 Å². The Morgan fingerprint density at radius 3 is 3.00 bits per heavy atom. The first-order chi connectivity index (χ1) is 10.6. The van der Waals surface area contributed by atoms with Crippen LogP contribution in [0.2, 0.25) is 10.0 Å². The molecule has 1 atom stereocenters. The van der Waals surface area contributed by atoms with Crippen LogP contribution in [-0.4, -0.2) is 43.7 Å². The molecule has 3 rings (SSSR count). The number of nitrogens with zero attached hydrogens (tertiary/aromatic N) is 4. The van der Waals surface area contributed by atoms with Gasteiger partial charge in [0, 0.05) is 18.8 Å². The second-order valence-corrected chi connectivity index (χ2v) is 7.19. The molecule has 22 heavy (non-hydrogen) atoms. The highest BCUT2D eigenvalue weighted by molar-refractivity contribution is 7.99. The van der Waals surface area contributed by atoms with Crippen molar-refractivity contribution in [1.29, 1.82) is 0 Å². The molecule has 1 amide bonds. The van der Waals surface area contributed by atoms with E-state index >= 15 is 0 Å². The van der Waals surface area contributed by atoms with Crippen LogP contribution in [0.3, 0.4) is 0 Å². The lowest BCUT2D eigenvalue weighted by atomic mass is 10.0. The van der Waals surface area contributed by atoms with Crippen molar-refractivity contribution in [2.75, 3.05) is 12.3 Å². The lowest BCUT2D eigenvalue weighted by Crippen LogP contribution is -2.42. The summed E-state index contributed by atoms with van der Waals surface area (Å²) >= 11 is 13.5. The first-order valence-electron chi connectivity index (χ1n) is 7.18. The SMILES string of the molecule is C[C@@H]1CCCCN1C(=O)CSc1nnc2c(Cl)cc(Cl)cn12. The van der Waals surface area contributed by atoms with E-state index in [1.165, 1.54) is 18.2 Å². The van der Waals surface area contributed by atoms with Crippen molar-refractivity contribution < 1.29 is 4.79 Å². The molecule has 8 heteroatoms. The molecule has 2 aromatic rings. The standard InChI is InChI=1S/C14H16Cl2N4OS/c1-9-4-2-3-5-19(9)12(21)8-22-14-18-17-13-11(16)6-10(15)7-20(13)14/h6-7,9H,2-5,8H2,1H3/t9-/m1/s1. The molecule has 1 aliphatic heterocycles. The number of thioether (sulfide) groups is 1. The predicted molar refractivity (Wildman–Crippen MR) is 88.8 cm³/mol. The molecule has 0 aromatic carbocycles. The highest BCUT2D eigenvalue weighted by Gasteiger charge is 2.23. The first kappa shape index (κ1) is 15.9. The van der Waals surface area contributed by atoms with Crippen LogP contribution >= 0.6 is 35.0 Å². The summed E-state index contributed by atoms with van der Waals surface area (Å²) in [4.78, 5) is 14.3. The fourth-order valence-electron chi connectivity index (χ4n) is 2.68. The summed E-state index contributed by atoms with van der Waals surface area (Å²) in [6.07, 6.45) is 5.07. The second kappa shape index (κ2) is 6.64. The van der Waals surface area contributed by atoms with Gasteiger partial charge in [-0.3, -0.25) is 9.20 Å². The minimum atomic E-state index is 0.141. The van der Waals surface area contributed by atoms with E-state index in [1.807, 2.05) is 4.90 Å². The zero-order valence-corrected chi connectivity index (χ0v) is 14.5. The van der Waals surface area contributed by atoms with Gasteiger partial charge in [-0.15, -0.1) is 10.2 Å². The lowest BCUT2D eigenvalue weighted by molar-refractivity contribution is -0.131. The maximum absolute atomic E-state index is 12.4. The van der Waals surface area contributed by atoms with Gasteiger partial charge in [0.2, 0.25) is 5.91 Å². The number of pyridine rings is 1. The molecule has 118 valence electrons. The maximum atomic E-state index is 12.4. The van der Waals surface area contributed by atoms with Gasteiger partial charge in [-0.05, 0) is 32.3 Å². The molecular weight excluding hydrogens is 343 g/mol. The average molecular weight is 359 g/mol. The summed E-state index contributed by atoms with van der Waals surface area (Å²) in [6, 6.07) is 1.95. The number of halogens is 2. The molecule has 0 aliphatic carbocycles. The largest absolute Gasteiger partial charge is 0.339 e. The minimum Gasteiger partial charge on any atom is -0.339 e. The molecule has 0 unspecified atom stereocenters. The van der Waals surface area contributed by atoms with Crippen molar-refractivity contribution in [1.82, 2.24) is 19.5 Å². The summed E-state index contributed by atoms with van der Waals surface area (Å²) in [5.41, 5.74) is 0.548. The summed E-state index contributed by atoms with van der Waals surface area (Å²) in [5.74, 6) is 0.483. The zero-order chi connectivity index (χ0) is 15.7. The van der Waals surface area contributed by atoms with Gasteiger partial charge in [0.1, 0.15) is 0 Å². The van der Waals surface area contributed by atoms with Gasteiger partial charge in [0.25, 0.3) is 0 Å². The Morgan fingerprint density at radius 1 is 1.41 bits per heavy atom. The number of rotatable bonds is 3. The van der Waals surface area contributed by atoms with Crippen LogP contribution in [0.1, 0.15) is 26.2 Å². The van der Waals surface area contributed by atoms with E-state index in [9.17, 15) is 4.79 Å². The molecule has 0 radical (unpaired) electrons. The third-order valence-electron chi connectivity index (χ3n) is 3.84. The van der Waals surface area contributed by atoms with Crippen molar-refractivity contribution in [3.63, 3.8) is 0 Å². The molecule has 0 N–H and O–H groups in total. The number of likely N-dealkylation sites (tertiary alicyclic amines) is 1. The van der Waals surface area contributed by atoms with E-state index in [4.69, 9.17) is 23.2 Å². The molecule has 0 bridgehead atoms. The van der Waals surface area contributed by atoms with Gasteiger partial charge in [-0.2, -0.15) is 0 Å². The van der Waals surface area contributed by atoms with E-state index in [0.29, 0.717) is 32.6 Å². The van der Waals surface area contributed by atoms with E-state index in [1.54, 1.807) is 16.7 Å². The van der Waals surface area contributed by atoms with Gasteiger partial charge in [0.15, 0.2) is 10.8 Å². The fraction of sp³-hybridized carbons (Fsp3) is 0.500. The summed E-state index contributed by atoms with van der Waals surface area (Å²) in [6.45, 7) is 2.95. The van der Waals surface area contributed by atoms with Gasteiger partial charge >= 0.3 is 0 Å². The minimum absolute atomic E-state index is 0.141. The van der Waals surface area contributed by atoms with Crippen LogP contribution < -0.4 is 0 Å². The van der Waals surface area contributed by atoms with Crippen LogP contribution in [-0.2, 0) is 4.79 Å². The lowest BCUT2D eigenvalue weighted by Gasteiger charge is -2.33. The fourth-order valence-corrected chi connectivity index (χ4v) is 3.98. The molecule has 1 saturated heterocycles. The number of carbonyl (C=O) groups excluding carboxylic acids is 1. The number of carbonyl (C=O) groups is 1. The smallest absolute Gasteiger partial charge is 0.233 e. The van der Waals surface area contributed by atoms with Crippen molar-refractivity contribution in [2.24, 2.45) is 0 Å². The first-order valence-corrected chi connectivity index (χ1v) is 8.92. The molecular formula is C14H16Cl2N4OS. The number of hydrogen-bond acceptors (Lipinski definition) is 4. The topological polar surface area (TPSA) is 50.5 Å². The van der Waals surface area contributed by atoms with Gasteiger partial charge in [0.05, 0.1) is 15.8 Å². The molecule has 0 spiro atoms. The van der Waals surface area contributed by atoms with Crippen LogP contribution in [0.5, 0.6) is 0 Å². The Balaban J connectivity index is 1.72. The van der Waals surface area contributed by atoms with Gasteiger partial charge in [-0.25, -0.2) is 0 Å². The summed E-state index contributed by atoms with van der Waals surface area (Å²) < 4.78 is 1.72. The van der Waals surface area contributed by atoms with E-state index in [-0.39, 0.29) is 5.91 Å². The Kier molecular flexibility index (Phi) is 4.80. The van der Waals surface area contributed by atoms with Crippen molar-refractivity contribution >= 4 is 46.5 Å². The van der Waals surface area contributed by atoms with Crippen LogP contribution in [0.4, 0.5) is 0 Å². The predicted octanol–water partition coefficient (Wildman–Crippen LogP) is 3.53. The van der Waals surface area contributed by atoms with E-state index in [0.717, 1.165) is 19.4 Å². The van der Waals surface area contributed by atoms with Crippen molar-refractivity contribution in [3.8, 4) is 0 Å². The molecule has 3 heterocycles. The number of piperidine rings is 1. The highest BCUT2D eigenvalue weighted by Crippen LogP contribution is 2.26. The second-order valence-electron chi connectivity index (χ2n) is 5.40. The highest BCUT2D eigenvalue weighted by atomic mass is 35.5. The quantitative estimate of drug-likeness (QED) is 0.787. The Hall–Kier alpha value is -0.980. The monoisotopic (exact) mass is 358 g/mol. The molecule has 2 aromatic heterocycles.